The fraction of sp³-hybridized carbons (Fsp3) is 0.636. The number of rotatable bonds is 4. The van der Waals surface area contributed by atoms with Gasteiger partial charge in [0.15, 0.2) is 5.13 Å². The minimum absolute atomic E-state index is 0.601. The molecule has 1 saturated heterocycles. The fourth-order valence-electron chi connectivity index (χ4n) is 1.96. The van der Waals surface area contributed by atoms with Crippen LogP contribution in [0.3, 0.4) is 0 Å². The number of piperazine rings is 1. The van der Waals surface area contributed by atoms with Gasteiger partial charge in [0.1, 0.15) is 0 Å². The number of methoxy groups -OCH3 is 1. The summed E-state index contributed by atoms with van der Waals surface area (Å²) < 4.78 is 4.98. The molecule has 1 aromatic heterocycles. The molecular formula is C11H20N6OS. The highest BCUT2D eigenvalue weighted by molar-refractivity contribution is 7.13. The average molecular weight is 284 g/mol. The molecule has 1 aliphatic heterocycles. The minimum Gasteiger partial charge on any atom is -0.383 e. The van der Waals surface area contributed by atoms with Crippen LogP contribution in [0.1, 0.15) is 0 Å². The zero-order valence-corrected chi connectivity index (χ0v) is 11.9. The second kappa shape index (κ2) is 7.27. The van der Waals surface area contributed by atoms with Crippen LogP contribution >= 0.6 is 11.3 Å². The Morgan fingerprint density at radius 3 is 2.89 bits per heavy atom. The highest BCUT2D eigenvalue weighted by Crippen LogP contribution is 2.18. The van der Waals surface area contributed by atoms with Gasteiger partial charge in [-0.3, -0.25) is 5.43 Å². The molecule has 0 bridgehead atoms. The molecule has 1 fully saturated rings. The zero-order valence-electron chi connectivity index (χ0n) is 11.1. The fourth-order valence-corrected chi connectivity index (χ4v) is 2.66. The first kappa shape index (κ1) is 14.0. The number of nitrogens with one attached hydrogen (secondary N) is 1. The molecule has 0 saturated carbocycles. The van der Waals surface area contributed by atoms with Gasteiger partial charge in [0.05, 0.1) is 13.2 Å². The van der Waals surface area contributed by atoms with Gasteiger partial charge < -0.3 is 14.5 Å². The third kappa shape index (κ3) is 3.79. The molecule has 19 heavy (non-hydrogen) atoms. The monoisotopic (exact) mass is 284 g/mol. The minimum atomic E-state index is 0.601. The molecule has 8 heteroatoms. The number of hydrogen-bond acceptors (Lipinski definition) is 6. The predicted molar refractivity (Wildman–Crippen MR) is 77.4 cm³/mol. The van der Waals surface area contributed by atoms with Gasteiger partial charge in [-0.1, -0.05) is 0 Å². The van der Waals surface area contributed by atoms with Crippen LogP contribution in [-0.4, -0.2) is 62.3 Å². The molecule has 3 N–H and O–H groups in total. The van der Waals surface area contributed by atoms with E-state index < -0.39 is 0 Å². The second-order valence-electron chi connectivity index (χ2n) is 4.13. The Morgan fingerprint density at radius 2 is 2.32 bits per heavy atom. The Balaban J connectivity index is 1.86. The topological polar surface area (TPSA) is 79.0 Å². The van der Waals surface area contributed by atoms with E-state index >= 15 is 0 Å². The van der Waals surface area contributed by atoms with Crippen LogP contribution in [0.2, 0.25) is 0 Å². The molecule has 0 aromatic carbocycles. The Bertz CT molecular complexity index is 388. The normalized spacial score (nSPS) is 16.8. The van der Waals surface area contributed by atoms with Crippen molar-refractivity contribution < 1.29 is 4.74 Å². The van der Waals surface area contributed by atoms with Crippen LogP contribution in [0, 0.1) is 0 Å². The van der Waals surface area contributed by atoms with E-state index in [0.29, 0.717) is 13.2 Å². The zero-order chi connectivity index (χ0) is 13.5. The van der Waals surface area contributed by atoms with Crippen molar-refractivity contribution in [3.8, 4) is 0 Å². The first-order chi connectivity index (χ1) is 9.35. The van der Waals surface area contributed by atoms with E-state index in [1.54, 1.807) is 18.4 Å². The highest BCUT2D eigenvalue weighted by Gasteiger charge is 2.20. The molecular weight excluding hydrogens is 264 g/mol. The van der Waals surface area contributed by atoms with E-state index in [0.717, 1.165) is 37.3 Å². The molecule has 0 radical (unpaired) electrons. The third-order valence-corrected chi connectivity index (χ3v) is 3.79. The number of anilines is 1. The quantitative estimate of drug-likeness (QED) is 0.260. The second-order valence-corrected chi connectivity index (χ2v) is 5.00. The number of guanidine groups is 1. The van der Waals surface area contributed by atoms with Crippen molar-refractivity contribution >= 4 is 22.4 Å². The van der Waals surface area contributed by atoms with Crippen molar-refractivity contribution in [2.75, 3.05) is 51.3 Å². The van der Waals surface area contributed by atoms with Crippen LogP contribution in [-0.2, 0) is 4.74 Å². The Labute approximate surface area is 117 Å². The van der Waals surface area contributed by atoms with E-state index in [9.17, 15) is 0 Å². The molecule has 1 aliphatic rings. The molecule has 106 valence electrons. The standard InChI is InChI=1S/C11H20N6OS/c1-18-8-2-13-10(15-12)16-4-6-17(7-5-16)11-14-3-9-19-11/h3,9H,2,4-8,12H2,1H3,(H,13,15). The van der Waals surface area contributed by atoms with Gasteiger partial charge in [-0.15, -0.1) is 11.3 Å². The summed E-state index contributed by atoms with van der Waals surface area (Å²) in [5.41, 5.74) is 2.67. The lowest BCUT2D eigenvalue weighted by atomic mass is 10.3. The summed E-state index contributed by atoms with van der Waals surface area (Å²) in [7, 11) is 1.66. The van der Waals surface area contributed by atoms with Gasteiger partial charge in [0.25, 0.3) is 0 Å². The lowest BCUT2D eigenvalue weighted by Gasteiger charge is -2.35. The average Bonchev–Trinajstić information content (AvgIpc) is 2.98. The smallest absolute Gasteiger partial charge is 0.208 e. The Hall–Kier alpha value is -1.38. The van der Waals surface area contributed by atoms with Crippen LogP contribution in [0.5, 0.6) is 0 Å². The van der Waals surface area contributed by atoms with E-state index in [1.165, 1.54) is 0 Å². The number of hydrogen-bond donors (Lipinski definition) is 2. The maximum absolute atomic E-state index is 5.53. The Kier molecular flexibility index (Phi) is 5.37. The molecule has 2 rings (SSSR count). The van der Waals surface area contributed by atoms with Gasteiger partial charge in [-0.05, 0) is 0 Å². The van der Waals surface area contributed by atoms with Crippen molar-refractivity contribution in [3.63, 3.8) is 0 Å². The number of thiazole rings is 1. The van der Waals surface area contributed by atoms with Crippen molar-refractivity contribution in [1.82, 2.24) is 15.3 Å². The Morgan fingerprint density at radius 1 is 1.53 bits per heavy atom. The highest BCUT2D eigenvalue weighted by atomic mass is 32.1. The molecule has 0 unspecified atom stereocenters. The number of nitrogens with zero attached hydrogens (tertiary/aromatic N) is 4. The van der Waals surface area contributed by atoms with Crippen LogP contribution in [0.4, 0.5) is 5.13 Å². The van der Waals surface area contributed by atoms with Crippen molar-refractivity contribution in [2.45, 2.75) is 0 Å². The van der Waals surface area contributed by atoms with Crippen LogP contribution in [0.15, 0.2) is 16.6 Å². The molecule has 0 spiro atoms. The number of ether oxygens (including phenoxy) is 1. The van der Waals surface area contributed by atoms with Gasteiger partial charge in [-0.2, -0.15) is 0 Å². The third-order valence-electron chi connectivity index (χ3n) is 2.96. The molecule has 7 nitrogen and oxygen atoms in total. The van der Waals surface area contributed by atoms with Gasteiger partial charge >= 0.3 is 0 Å². The molecule has 0 amide bonds. The first-order valence-electron chi connectivity index (χ1n) is 6.24. The van der Waals surface area contributed by atoms with Crippen LogP contribution < -0.4 is 16.2 Å². The van der Waals surface area contributed by atoms with Crippen molar-refractivity contribution in [2.24, 2.45) is 10.8 Å². The maximum Gasteiger partial charge on any atom is 0.208 e. The van der Waals surface area contributed by atoms with E-state index in [-0.39, 0.29) is 0 Å². The van der Waals surface area contributed by atoms with Gasteiger partial charge in [0.2, 0.25) is 5.96 Å². The molecule has 2 heterocycles. The van der Waals surface area contributed by atoms with Crippen molar-refractivity contribution in [1.29, 1.82) is 0 Å². The summed E-state index contributed by atoms with van der Waals surface area (Å²) in [5, 5.41) is 3.08. The summed E-state index contributed by atoms with van der Waals surface area (Å²) in [6.07, 6.45) is 1.84. The van der Waals surface area contributed by atoms with E-state index in [4.69, 9.17) is 10.6 Å². The summed E-state index contributed by atoms with van der Waals surface area (Å²) in [6, 6.07) is 0. The van der Waals surface area contributed by atoms with Gasteiger partial charge in [0, 0.05) is 44.9 Å². The lowest BCUT2D eigenvalue weighted by Crippen LogP contribution is -2.54. The summed E-state index contributed by atoms with van der Waals surface area (Å²) in [5.74, 6) is 6.26. The summed E-state index contributed by atoms with van der Waals surface area (Å²) in [4.78, 5) is 13.2. The SMILES string of the molecule is COCCN=C(NN)N1CCN(c2nccs2)CC1. The number of aromatic nitrogens is 1. The summed E-state index contributed by atoms with van der Waals surface area (Å²) in [6.45, 7) is 4.84. The van der Waals surface area contributed by atoms with Crippen LogP contribution in [0.25, 0.3) is 0 Å². The number of hydrazine groups is 1. The largest absolute Gasteiger partial charge is 0.383 e. The molecule has 0 atom stereocenters. The first-order valence-corrected chi connectivity index (χ1v) is 7.12. The predicted octanol–water partition coefficient (Wildman–Crippen LogP) is -0.269. The van der Waals surface area contributed by atoms with E-state index in [1.807, 2.05) is 11.6 Å². The number of aliphatic imine (C=N–C) groups is 1. The van der Waals surface area contributed by atoms with Gasteiger partial charge in [-0.25, -0.2) is 15.8 Å². The number of nitrogens with two attached hydrogens (primary N) is 1. The lowest BCUT2D eigenvalue weighted by molar-refractivity contribution is 0.207. The maximum atomic E-state index is 5.53. The summed E-state index contributed by atoms with van der Waals surface area (Å²) >= 11 is 1.67. The van der Waals surface area contributed by atoms with Crippen molar-refractivity contribution in [3.05, 3.63) is 11.6 Å². The molecule has 0 aliphatic carbocycles. The van der Waals surface area contributed by atoms with E-state index in [2.05, 4.69) is 25.2 Å². The molecule has 1 aromatic rings.